The smallest absolute Gasteiger partial charge is 0.448 e. The van der Waals surface area contributed by atoms with Crippen molar-refractivity contribution in [3.05, 3.63) is 30.3 Å². The van der Waals surface area contributed by atoms with E-state index in [9.17, 15) is 13.2 Å². The molecule has 1 aliphatic rings. The van der Waals surface area contributed by atoms with Crippen molar-refractivity contribution in [1.82, 2.24) is 0 Å². The summed E-state index contributed by atoms with van der Waals surface area (Å²) in [6, 6.07) is 10.0. The van der Waals surface area contributed by atoms with E-state index in [1.165, 1.54) is 28.8 Å². The van der Waals surface area contributed by atoms with Gasteiger partial charge < -0.3 is 4.74 Å². The van der Waals surface area contributed by atoms with E-state index in [1.54, 1.807) is 0 Å². The summed E-state index contributed by atoms with van der Waals surface area (Å²) in [5.74, 6) is 1.84. The molecule has 1 fully saturated rings. The van der Waals surface area contributed by atoms with Crippen LogP contribution in [0.2, 0.25) is 0 Å². The van der Waals surface area contributed by atoms with Gasteiger partial charge >= 0.3 is 5.09 Å². The molecule has 1 aromatic rings. The monoisotopic (exact) mass is 296 g/mol. The van der Waals surface area contributed by atoms with Gasteiger partial charge in [0, 0.05) is 15.9 Å². The zero-order valence-corrected chi connectivity index (χ0v) is 10.1. The Bertz CT molecular complexity index is 290. The van der Waals surface area contributed by atoms with Crippen molar-refractivity contribution in [3.8, 4) is 5.75 Å². The minimum atomic E-state index is -4.19. The molecule has 0 heterocycles. The summed E-state index contributed by atoms with van der Waals surface area (Å²) in [5, 5.41) is -4.19. The lowest BCUT2D eigenvalue weighted by atomic mass is 10.3. The SMILES string of the molecule is FC(F)(F)Br.c1ccc(OCC2CC2)cc1. The number of hydrogen-bond acceptors (Lipinski definition) is 1. The van der Waals surface area contributed by atoms with Gasteiger partial charge in [-0.05, 0) is 30.9 Å². The van der Waals surface area contributed by atoms with Crippen LogP contribution in [0.3, 0.4) is 0 Å². The van der Waals surface area contributed by atoms with Crippen LogP contribution in [0.5, 0.6) is 5.75 Å². The molecule has 90 valence electrons. The van der Waals surface area contributed by atoms with E-state index >= 15 is 0 Å². The highest BCUT2D eigenvalue weighted by atomic mass is 79.9. The van der Waals surface area contributed by atoms with E-state index in [4.69, 9.17) is 4.74 Å². The average molecular weight is 297 g/mol. The third kappa shape index (κ3) is 8.59. The molecule has 16 heavy (non-hydrogen) atoms. The quantitative estimate of drug-likeness (QED) is 0.752. The fourth-order valence-electron chi connectivity index (χ4n) is 1.02. The average Bonchev–Trinajstić information content (AvgIpc) is 2.97. The molecule has 1 aliphatic carbocycles. The highest BCUT2D eigenvalue weighted by molar-refractivity contribution is 9.09. The normalized spacial score (nSPS) is 15.0. The Morgan fingerprint density at radius 3 is 2.12 bits per heavy atom. The van der Waals surface area contributed by atoms with Gasteiger partial charge in [-0.3, -0.25) is 0 Å². The van der Waals surface area contributed by atoms with E-state index in [1.807, 2.05) is 30.3 Å². The molecule has 0 unspecified atom stereocenters. The molecule has 0 bridgehead atoms. The van der Waals surface area contributed by atoms with E-state index in [0.717, 1.165) is 18.3 Å². The minimum Gasteiger partial charge on any atom is -0.493 e. The summed E-state index contributed by atoms with van der Waals surface area (Å²) >= 11 is 1.38. The van der Waals surface area contributed by atoms with Crippen LogP contribution in [0, 0.1) is 5.92 Å². The van der Waals surface area contributed by atoms with E-state index in [2.05, 4.69) is 0 Å². The first kappa shape index (κ1) is 13.4. The molecule has 0 aromatic heterocycles. The molecule has 0 amide bonds. The minimum absolute atomic E-state index is 0.843. The Morgan fingerprint density at radius 1 is 1.19 bits per heavy atom. The first-order valence-electron chi connectivity index (χ1n) is 4.88. The Hall–Kier alpha value is -0.710. The van der Waals surface area contributed by atoms with E-state index < -0.39 is 5.09 Å². The molecule has 0 spiro atoms. The van der Waals surface area contributed by atoms with Crippen LogP contribution in [-0.2, 0) is 0 Å². The summed E-state index contributed by atoms with van der Waals surface area (Å²) in [6.45, 7) is 0.907. The zero-order chi connectivity index (χ0) is 12.0. The molecule has 0 saturated heterocycles. The van der Waals surface area contributed by atoms with Gasteiger partial charge in [0.2, 0.25) is 0 Å². The molecule has 0 atom stereocenters. The highest BCUT2D eigenvalue weighted by Crippen LogP contribution is 2.29. The number of para-hydroxylation sites is 1. The molecule has 1 saturated carbocycles. The zero-order valence-electron chi connectivity index (χ0n) is 8.51. The molecule has 1 nitrogen and oxygen atoms in total. The largest absolute Gasteiger partial charge is 0.493 e. The molecule has 5 heteroatoms. The van der Waals surface area contributed by atoms with E-state index in [-0.39, 0.29) is 0 Å². The third-order valence-electron chi connectivity index (χ3n) is 1.93. The number of rotatable bonds is 3. The first-order chi connectivity index (χ1) is 7.45. The third-order valence-corrected chi connectivity index (χ3v) is 1.93. The van der Waals surface area contributed by atoms with Gasteiger partial charge in [0.15, 0.2) is 0 Å². The maximum atomic E-state index is 10.3. The predicted octanol–water partition coefficient (Wildman–Crippen LogP) is 4.38. The van der Waals surface area contributed by atoms with Gasteiger partial charge in [0.05, 0.1) is 6.61 Å². The van der Waals surface area contributed by atoms with Crippen molar-refractivity contribution in [2.24, 2.45) is 5.92 Å². The number of halogens is 4. The van der Waals surface area contributed by atoms with Crippen molar-refractivity contribution in [2.45, 2.75) is 17.9 Å². The van der Waals surface area contributed by atoms with Gasteiger partial charge in [0.1, 0.15) is 5.75 Å². The fraction of sp³-hybridized carbons (Fsp3) is 0.455. The predicted molar refractivity (Wildman–Crippen MR) is 59.6 cm³/mol. The Morgan fingerprint density at radius 2 is 1.69 bits per heavy atom. The lowest BCUT2D eigenvalue weighted by Gasteiger charge is -2.02. The topological polar surface area (TPSA) is 9.23 Å². The van der Waals surface area contributed by atoms with Gasteiger partial charge in [-0.2, -0.15) is 13.2 Å². The van der Waals surface area contributed by atoms with E-state index in [0.29, 0.717) is 0 Å². The summed E-state index contributed by atoms with van der Waals surface area (Å²) in [6.07, 6.45) is 2.71. The highest BCUT2D eigenvalue weighted by Gasteiger charge is 2.21. The van der Waals surface area contributed by atoms with Crippen molar-refractivity contribution in [3.63, 3.8) is 0 Å². The number of hydrogen-bond donors (Lipinski definition) is 0. The first-order valence-corrected chi connectivity index (χ1v) is 5.68. The van der Waals surface area contributed by atoms with Crippen LogP contribution in [0.4, 0.5) is 13.2 Å². The van der Waals surface area contributed by atoms with Crippen molar-refractivity contribution in [1.29, 1.82) is 0 Å². The Balaban J connectivity index is 0.000000221. The standard InChI is InChI=1S/C10H12O.CBrF3/c1-2-4-10(5-3-1)11-8-9-6-7-9;2-1(3,4)5/h1-5,9H,6-8H2;. The van der Waals surface area contributed by atoms with Crippen LogP contribution in [0.15, 0.2) is 30.3 Å². The molecule has 0 aliphatic heterocycles. The lowest BCUT2D eigenvalue weighted by Crippen LogP contribution is -1.97. The summed E-state index contributed by atoms with van der Waals surface area (Å²) < 4.78 is 36.3. The molecule has 0 N–H and O–H groups in total. The molecule has 1 aromatic carbocycles. The van der Waals surface area contributed by atoms with Gasteiger partial charge in [-0.1, -0.05) is 18.2 Å². The maximum Gasteiger partial charge on any atom is 0.448 e. The van der Waals surface area contributed by atoms with Crippen LogP contribution in [0.1, 0.15) is 12.8 Å². The second-order valence-electron chi connectivity index (χ2n) is 3.50. The number of alkyl halides is 4. The van der Waals surface area contributed by atoms with Crippen LogP contribution in [-0.4, -0.2) is 11.7 Å². The van der Waals surface area contributed by atoms with Crippen molar-refractivity contribution < 1.29 is 17.9 Å². The summed E-state index contributed by atoms with van der Waals surface area (Å²) in [4.78, 5) is 0. The van der Waals surface area contributed by atoms with Gasteiger partial charge in [-0.25, -0.2) is 0 Å². The molecule has 0 radical (unpaired) electrons. The number of ether oxygens (including phenoxy) is 1. The Labute approximate surface area is 101 Å². The summed E-state index contributed by atoms with van der Waals surface area (Å²) in [5.41, 5.74) is 0. The fourth-order valence-corrected chi connectivity index (χ4v) is 1.02. The summed E-state index contributed by atoms with van der Waals surface area (Å²) in [7, 11) is 0. The van der Waals surface area contributed by atoms with Crippen LogP contribution in [0.25, 0.3) is 0 Å². The molecular formula is C11H12BrF3O. The second-order valence-corrected chi connectivity index (χ2v) is 4.40. The Kier molecular flexibility index (Phi) is 5.12. The number of benzene rings is 1. The molecule has 2 rings (SSSR count). The van der Waals surface area contributed by atoms with Crippen molar-refractivity contribution >= 4 is 15.9 Å². The second kappa shape index (κ2) is 6.13. The van der Waals surface area contributed by atoms with Gasteiger partial charge in [0.25, 0.3) is 0 Å². The maximum absolute atomic E-state index is 10.3. The van der Waals surface area contributed by atoms with Crippen molar-refractivity contribution in [2.75, 3.05) is 6.61 Å². The lowest BCUT2D eigenvalue weighted by molar-refractivity contribution is -0.0245. The van der Waals surface area contributed by atoms with Crippen LogP contribution >= 0.6 is 15.9 Å². The van der Waals surface area contributed by atoms with Gasteiger partial charge in [-0.15, -0.1) is 0 Å². The van der Waals surface area contributed by atoms with Crippen LogP contribution < -0.4 is 4.74 Å². The molecular weight excluding hydrogens is 285 g/mol.